The maximum atomic E-state index is 10.0. The van der Waals surface area contributed by atoms with Crippen LogP contribution in [0.1, 0.15) is 79.1 Å². The van der Waals surface area contributed by atoms with Crippen LogP contribution in [0.4, 0.5) is 0 Å². The SMILES string of the molecule is CC(C)CCCCC(=O)O.CC(C)CCCCC(=O)O.O.[Co]. The molecule has 0 aliphatic heterocycles. The molecule has 6 heteroatoms. The summed E-state index contributed by atoms with van der Waals surface area (Å²) in [6.45, 7) is 8.61. The summed E-state index contributed by atoms with van der Waals surface area (Å²) < 4.78 is 0. The fraction of sp³-hybridized carbons (Fsp3) is 0.875. The van der Waals surface area contributed by atoms with E-state index in [1.807, 2.05) is 0 Å². The maximum absolute atomic E-state index is 10.0. The van der Waals surface area contributed by atoms with Gasteiger partial charge in [-0.3, -0.25) is 9.59 Å². The molecule has 0 saturated carbocycles. The Morgan fingerprint density at radius 1 is 0.727 bits per heavy atom. The maximum Gasteiger partial charge on any atom is 0.303 e. The van der Waals surface area contributed by atoms with Crippen molar-refractivity contribution in [1.29, 1.82) is 0 Å². The number of hydrogen-bond acceptors (Lipinski definition) is 2. The van der Waals surface area contributed by atoms with Crippen molar-refractivity contribution in [2.75, 3.05) is 0 Å². The van der Waals surface area contributed by atoms with Gasteiger partial charge in [0.25, 0.3) is 0 Å². The van der Waals surface area contributed by atoms with Crippen LogP contribution in [0.25, 0.3) is 0 Å². The summed E-state index contributed by atoms with van der Waals surface area (Å²) in [5.41, 5.74) is 0. The Bertz CT molecular complexity index is 229. The zero-order chi connectivity index (χ0) is 16.0. The molecule has 4 N–H and O–H groups in total. The van der Waals surface area contributed by atoms with E-state index in [0.29, 0.717) is 24.7 Å². The molecule has 1 radical (unpaired) electrons. The van der Waals surface area contributed by atoms with Crippen molar-refractivity contribution in [3.8, 4) is 0 Å². The Labute approximate surface area is 145 Å². The van der Waals surface area contributed by atoms with Crippen LogP contribution in [0.5, 0.6) is 0 Å². The molecule has 0 saturated heterocycles. The number of carbonyl (C=O) groups is 2. The summed E-state index contributed by atoms with van der Waals surface area (Å²) in [6.07, 6.45) is 6.69. The van der Waals surface area contributed by atoms with Gasteiger partial charge in [0, 0.05) is 29.6 Å². The van der Waals surface area contributed by atoms with Crippen molar-refractivity contribution in [2.45, 2.75) is 79.1 Å². The van der Waals surface area contributed by atoms with Crippen LogP contribution in [0, 0.1) is 11.8 Å². The molecule has 0 atom stereocenters. The van der Waals surface area contributed by atoms with Crippen LogP contribution in [0.15, 0.2) is 0 Å². The molecule has 5 nitrogen and oxygen atoms in total. The Kier molecular flexibility index (Phi) is 27.3. The molecule has 0 amide bonds. The quantitative estimate of drug-likeness (QED) is 0.575. The summed E-state index contributed by atoms with van der Waals surface area (Å²) in [7, 11) is 0. The summed E-state index contributed by atoms with van der Waals surface area (Å²) in [6, 6.07) is 0. The minimum Gasteiger partial charge on any atom is -0.481 e. The predicted molar refractivity (Wildman–Crippen MR) is 85.5 cm³/mol. The molecule has 0 bridgehead atoms. The second kappa shape index (κ2) is 20.4. The van der Waals surface area contributed by atoms with Crippen molar-refractivity contribution in [1.82, 2.24) is 0 Å². The number of unbranched alkanes of at least 4 members (excludes halogenated alkanes) is 2. The smallest absolute Gasteiger partial charge is 0.303 e. The van der Waals surface area contributed by atoms with Crippen LogP contribution in [-0.4, -0.2) is 27.6 Å². The number of rotatable bonds is 10. The van der Waals surface area contributed by atoms with Gasteiger partial charge in [0.2, 0.25) is 0 Å². The van der Waals surface area contributed by atoms with Crippen molar-refractivity contribution in [3.05, 3.63) is 0 Å². The molecule has 0 aromatic carbocycles. The zero-order valence-electron chi connectivity index (χ0n) is 14.4. The van der Waals surface area contributed by atoms with Crippen LogP contribution < -0.4 is 0 Å². The summed E-state index contributed by atoms with van der Waals surface area (Å²) in [5, 5.41) is 16.6. The average molecular weight is 365 g/mol. The predicted octanol–water partition coefficient (Wildman–Crippen LogP) is 3.75. The summed E-state index contributed by atoms with van der Waals surface area (Å²) in [4.78, 5) is 20.1. The Morgan fingerprint density at radius 3 is 1.18 bits per heavy atom. The molecular formula is C16H34CoO5. The van der Waals surface area contributed by atoms with E-state index in [1.165, 1.54) is 0 Å². The average Bonchev–Trinajstić information content (AvgIpc) is 2.30. The summed E-state index contributed by atoms with van der Waals surface area (Å²) >= 11 is 0. The van der Waals surface area contributed by atoms with E-state index in [2.05, 4.69) is 27.7 Å². The molecule has 0 fully saturated rings. The Hall–Kier alpha value is -0.594. The van der Waals surface area contributed by atoms with Crippen molar-refractivity contribution in [3.63, 3.8) is 0 Å². The first kappa shape index (κ1) is 29.4. The van der Waals surface area contributed by atoms with E-state index in [4.69, 9.17) is 10.2 Å². The van der Waals surface area contributed by atoms with Crippen molar-refractivity contribution < 1.29 is 42.1 Å². The monoisotopic (exact) mass is 365 g/mol. The zero-order valence-corrected chi connectivity index (χ0v) is 15.4. The van der Waals surface area contributed by atoms with Gasteiger partial charge in [-0.25, -0.2) is 0 Å². The normalized spacial score (nSPS) is 9.36. The molecule has 0 aromatic rings. The van der Waals surface area contributed by atoms with Gasteiger partial charge in [-0.05, 0) is 24.7 Å². The Morgan fingerprint density at radius 2 is 1.00 bits per heavy atom. The fourth-order valence-electron chi connectivity index (χ4n) is 1.66. The fourth-order valence-corrected chi connectivity index (χ4v) is 1.66. The van der Waals surface area contributed by atoms with Crippen LogP contribution in [0.2, 0.25) is 0 Å². The molecule has 0 aromatic heterocycles. The molecule has 22 heavy (non-hydrogen) atoms. The minimum atomic E-state index is -0.677. The molecule has 0 rings (SSSR count). The largest absolute Gasteiger partial charge is 0.481 e. The first-order valence-corrected chi connectivity index (χ1v) is 7.69. The third-order valence-corrected chi connectivity index (χ3v) is 2.84. The molecule has 0 heterocycles. The molecule has 0 aliphatic carbocycles. The van der Waals surface area contributed by atoms with E-state index in [1.54, 1.807) is 0 Å². The van der Waals surface area contributed by atoms with Gasteiger partial charge in [0.15, 0.2) is 0 Å². The third-order valence-electron chi connectivity index (χ3n) is 2.84. The van der Waals surface area contributed by atoms with Crippen LogP contribution in [-0.2, 0) is 26.4 Å². The van der Waals surface area contributed by atoms with E-state index in [0.717, 1.165) is 38.5 Å². The minimum absolute atomic E-state index is 0. The number of carboxylic acids is 2. The Balaban J connectivity index is -0.000000135. The first-order chi connectivity index (χ1) is 9.25. The van der Waals surface area contributed by atoms with Gasteiger partial charge in [0.1, 0.15) is 0 Å². The molecule has 137 valence electrons. The topological polar surface area (TPSA) is 106 Å². The first-order valence-electron chi connectivity index (χ1n) is 7.69. The summed E-state index contributed by atoms with van der Waals surface area (Å²) in [5.74, 6) is 0.0510. The number of hydrogen-bond donors (Lipinski definition) is 2. The van der Waals surface area contributed by atoms with Gasteiger partial charge in [-0.1, -0.05) is 53.4 Å². The van der Waals surface area contributed by atoms with Gasteiger partial charge in [-0.15, -0.1) is 0 Å². The van der Waals surface area contributed by atoms with Gasteiger partial charge >= 0.3 is 11.9 Å². The molecule has 0 spiro atoms. The van der Waals surface area contributed by atoms with Gasteiger partial charge in [-0.2, -0.15) is 0 Å². The van der Waals surface area contributed by atoms with Gasteiger partial charge < -0.3 is 15.7 Å². The van der Waals surface area contributed by atoms with Crippen molar-refractivity contribution >= 4 is 11.9 Å². The molecular weight excluding hydrogens is 331 g/mol. The van der Waals surface area contributed by atoms with E-state index >= 15 is 0 Å². The third kappa shape index (κ3) is 36.6. The van der Waals surface area contributed by atoms with Crippen LogP contribution in [0.3, 0.4) is 0 Å². The number of carboxylic acid groups (broad SMARTS) is 2. The van der Waals surface area contributed by atoms with E-state index in [-0.39, 0.29) is 22.3 Å². The van der Waals surface area contributed by atoms with Gasteiger partial charge in [0.05, 0.1) is 0 Å². The second-order valence-electron chi connectivity index (χ2n) is 6.07. The number of aliphatic carboxylic acids is 2. The standard InChI is InChI=1S/2C8H16O2.Co.H2O/c2*1-7(2)5-3-4-6-8(9)10;;/h2*7H,3-6H2,1-2H3,(H,9,10);;1H2. The van der Waals surface area contributed by atoms with E-state index in [9.17, 15) is 9.59 Å². The second-order valence-corrected chi connectivity index (χ2v) is 6.07. The van der Waals surface area contributed by atoms with Crippen molar-refractivity contribution in [2.24, 2.45) is 11.8 Å². The van der Waals surface area contributed by atoms with Crippen LogP contribution >= 0.6 is 0 Å². The molecule has 0 aliphatic rings. The van der Waals surface area contributed by atoms with E-state index < -0.39 is 11.9 Å². The molecule has 0 unspecified atom stereocenters.